The van der Waals surface area contributed by atoms with Gasteiger partial charge in [0, 0.05) is 62.4 Å². The first-order valence-electron chi connectivity index (χ1n) is 10.9. The molecule has 162 valence electrons. The Balaban J connectivity index is 1.28. The van der Waals surface area contributed by atoms with Crippen molar-refractivity contribution in [2.75, 3.05) is 26.7 Å². The van der Waals surface area contributed by atoms with E-state index in [4.69, 9.17) is 4.74 Å². The van der Waals surface area contributed by atoms with Crippen LogP contribution in [0.4, 0.5) is 0 Å². The maximum atomic E-state index is 13.3. The first kappa shape index (κ1) is 19.8. The van der Waals surface area contributed by atoms with Crippen LogP contribution in [0.15, 0.2) is 47.3 Å². The van der Waals surface area contributed by atoms with Gasteiger partial charge in [0.25, 0.3) is 5.56 Å². The van der Waals surface area contributed by atoms with Crippen LogP contribution < -0.4 is 10.3 Å². The normalized spacial score (nSPS) is 24.8. The third-order valence-corrected chi connectivity index (χ3v) is 6.91. The van der Waals surface area contributed by atoms with E-state index in [0.717, 1.165) is 23.4 Å². The molecule has 7 heteroatoms. The van der Waals surface area contributed by atoms with E-state index in [0.29, 0.717) is 32.7 Å². The molecule has 5 rings (SSSR count). The van der Waals surface area contributed by atoms with Crippen molar-refractivity contribution in [1.29, 1.82) is 0 Å². The van der Waals surface area contributed by atoms with Gasteiger partial charge in [0.2, 0.25) is 11.8 Å². The predicted octanol–water partition coefficient (Wildman–Crippen LogP) is 1.85. The van der Waals surface area contributed by atoms with Gasteiger partial charge in [-0.1, -0.05) is 24.3 Å². The van der Waals surface area contributed by atoms with Crippen molar-refractivity contribution in [2.45, 2.75) is 31.8 Å². The van der Waals surface area contributed by atoms with Gasteiger partial charge in [-0.15, -0.1) is 0 Å². The highest BCUT2D eigenvalue weighted by molar-refractivity contribution is 5.89. The average molecular weight is 421 g/mol. The predicted molar refractivity (Wildman–Crippen MR) is 115 cm³/mol. The average Bonchev–Trinajstić information content (AvgIpc) is 3.14. The number of aromatic nitrogens is 1. The Morgan fingerprint density at radius 1 is 1.03 bits per heavy atom. The standard InChI is InChI=1S/C24H27N3O4/c1-31-21-7-3-2-5-17(21)13-25-15-19(10-23(25)29)24(30)26-11-16-9-18(14-26)20-6-4-8-22(28)27(20)12-16/h2-8,16,18-19H,9-15H2,1H3. The third-order valence-electron chi connectivity index (χ3n) is 6.91. The molecule has 3 unspecified atom stereocenters. The first-order chi connectivity index (χ1) is 15.0. The van der Waals surface area contributed by atoms with E-state index < -0.39 is 0 Å². The highest BCUT2D eigenvalue weighted by atomic mass is 16.5. The van der Waals surface area contributed by atoms with Crippen molar-refractivity contribution >= 4 is 11.8 Å². The van der Waals surface area contributed by atoms with Crippen molar-refractivity contribution in [3.05, 3.63) is 64.1 Å². The Morgan fingerprint density at radius 2 is 1.87 bits per heavy atom. The summed E-state index contributed by atoms with van der Waals surface area (Å²) in [5.74, 6) is 1.00. The molecule has 2 saturated heterocycles. The topological polar surface area (TPSA) is 71.8 Å². The number of pyridine rings is 1. The Bertz CT molecular complexity index is 1080. The second-order valence-electron chi connectivity index (χ2n) is 8.93. The highest BCUT2D eigenvalue weighted by Crippen LogP contribution is 2.36. The van der Waals surface area contributed by atoms with Crippen molar-refractivity contribution in [3.8, 4) is 5.75 Å². The Kier molecular flexibility index (Phi) is 5.04. The summed E-state index contributed by atoms with van der Waals surface area (Å²) in [6, 6.07) is 13.1. The SMILES string of the molecule is COc1ccccc1CN1CC(C(=O)N2CC3CC(C2)c2cccc(=O)n2C3)CC1=O. The molecule has 4 heterocycles. The maximum Gasteiger partial charge on any atom is 0.250 e. The van der Waals surface area contributed by atoms with Gasteiger partial charge in [-0.05, 0) is 24.5 Å². The molecule has 1 aromatic carbocycles. The largest absolute Gasteiger partial charge is 0.496 e. The summed E-state index contributed by atoms with van der Waals surface area (Å²) in [6.07, 6.45) is 1.27. The number of carbonyl (C=O) groups is 2. The minimum atomic E-state index is -0.306. The number of fused-ring (bicyclic) bond motifs is 4. The second-order valence-corrected chi connectivity index (χ2v) is 8.93. The van der Waals surface area contributed by atoms with Crippen LogP contribution in [0.2, 0.25) is 0 Å². The summed E-state index contributed by atoms with van der Waals surface area (Å²) in [7, 11) is 1.62. The minimum absolute atomic E-state index is 0.0124. The Labute approximate surface area is 181 Å². The summed E-state index contributed by atoms with van der Waals surface area (Å²) < 4.78 is 7.27. The van der Waals surface area contributed by atoms with Crippen LogP contribution in [-0.4, -0.2) is 52.9 Å². The number of hydrogen-bond acceptors (Lipinski definition) is 4. The lowest BCUT2D eigenvalue weighted by Crippen LogP contribution is -2.50. The molecule has 7 nitrogen and oxygen atoms in total. The number of likely N-dealkylation sites (tertiary alicyclic amines) is 2. The lowest BCUT2D eigenvalue weighted by Gasteiger charge is -2.43. The van der Waals surface area contributed by atoms with Crippen molar-refractivity contribution in [3.63, 3.8) is 0 Å². The number of piperidine rings is 1. The maximum absolute atomic E-state index is 13.3. The van der Waals surface area contributed by atoms with Crippen LogP contribution in [0, 0.1) is 11.8 Å². The van der Waals surface area contributed by atoms with Crippen LogP contribution >= 0.6 is 0 Å². The van der Waals surface area contributed by atoms with Gasteiger partial charge in [0.15, 0.2) is 0 Å². The molecule has 3 atom stereocenters. The molecule has 1 aromatic heterocycles. The molecule has 0 N–H and O–H groups in total. The Morgan fingerprint density at radius 3 is 2.71 bits per heavy atom. The molecular formula is C24H27N3O4. The van der Waals surface area contributed by atoms with E-state index in [1.807, 2.05) is 39.8 Å². The number of carbonyl (C=O) groups excluding carboxylic acids is 2. The fourth-order valence-corrected chi connectivity index (χ4v) is 5.46. The monoisotopic (exact) mass is 421 g/mol. The van der Waals surface area contributed by atoms with E-state index in [1.54, 1.807) is 24.1 Å². The number of para-hydroxylation sites is 1. The zero-order chi connectivity index (χ0) is 21.5. The number of rotatable bonds is 4. The number of ether oxygens (including phenoxy) is 1. The van der Waals surface area contributed by atoms with Crippen LogP contribution in [0.5, 0.6) is 5.75 Å². The van der Waals surface area contributed by atoms with Crippen LogP contribution in [0.25, 0.3) is 0 Å². The number of methoxy groups -OCH3 is 1. The zero-order valence-corrected chi connectivity index (χ0v) is 17.7. The van der Waals surface area contributed by atoms with Gasteiger partial charge in [-0.25, -0.2) is 0 Å². The van der Waals surface area contributed by atoms with Gasteiger partial charge >= 0.3 is 0 Å². The summed E-state index contributed by atoms with van der Waals surface area (Å²) in [4.78, 5) is 41.9. The zero-order valence-electron chi connectivity index (χ0n) is 17.7. The van der Waals surface area contributed by atoms with Gasteiger partial charge in [-0.3, -0.25) is 14.4 Å². The summed E-state index contributed by atoms with van der Waals surface area (Å²) >= 11 is 0. The minimum Gasteiger partial charge on any atom is -0.496 e. The van der Waals surface area contributed by atoms with E-state index in [1.165, 1.54) is 0 Å². The smallest absolute Gasteiger partial charge is 0.250 e. The molecule has 2 amide bonds. The number of nitrogens with zero attached hydrogens (tertiary/aromatic N) is 3. The molecule has 2 bridgehead atoms. The Hall–Kier alpha value is -3.09. The molecule has 31 heavy (non-hydrogen) atoms. The quantitative estimate of drug-likeness (QED) is 0.756. The number of benzene rings is 1. The van der Waals surface area contributed by atoms with Gasteiger partial charge in [-0.2, -0.15) is 0 Å². The molecule has 2 aromatic rings. The van der Waals surface area contributed by atoms with Gasteiger partial charge < -0.3 is 19.1 Å². The van der Waals surface area contributed by atoms with E-state index in [-0.39, 0.29) is 41.5 Å². The summed E-state index contributed by atoms with van der Waals surface area (Å²) in [6.45, 7) is 2.84. The fraction of sp³-hybridized carbons (Fsp3) is 0.458. The van der Waals surface area contributed by atoms with Crippen molar-refractivity contribution < 1.29 is 14.3 Å². The first-order valence-corrected chi connectivity index (χ1v) is 10.9. The molecule has 0 saturated carbocycles. The molecule has 3 aliphatic heterocycles. The van der Waals surface area contributed by atoms with E-state index in [9.17, 15) is 14.4 Å². The highest BCUT2D eigenvalue weighted by Gasteiger charge is 2.41. The van der Waals surface area contributed by atoms with Gasteiger partial charge in [0.1, 0.15) is 5.75 Å². The molecule has 0 spiro atoms. The van der Waals surface area contributed by atoms with Crippen molar-refractivity contribution in [2.24, 2.45) is 11.8 Å². The molecule has 3 aliphatic rings. The molecular weight excluding hydrogens is 394 g/mol. The lowest BCUT2D eigenvalue weighted by molar-refractivity contribution is -0.138. The molecule has 0 radical (unpaired) electrons. The van der Waals surface area contributed by atoms with E-state index >= 15 is 0 Å². The fourth-order valence-electron chi connectivity index (χ4n) is 5.46. The molecule has 0 aliphatic carbocycles. The van der Waals surface area contributed by atoms with Crippen molar-refractivity contribution in [1.82, 2.24) is 14.4 Å². The molecule has 2 fully saturated rings. The lowest BCUT2D eigenvalue weighted by atomic mass is 9.82. The van der Waals surface area contributed by atoms with Crippen LogP contribution in [0.1, 0.15) is 30.0 Å². The van der Waals surface area contributed by atoms with Crippen LogP contribution in [-0.2, 0) is 22.7 Å². The summed E-state index contributed by atoms with van der Waals surface area (Å²) in [5.41, 5.74) is 2.02. The second kappa shape index (κ2) is 7.87. The van der Waals surface area contributed by atoms with E-state index in [2.05, 4.69) is 0 Å². The van der Waals surface area contributed by atoms with Crippen LogP contribution in [0.3, 0.4) is 0 Å². The third kappa shape index (κ3) is 3.62. The van der Waals surface area contributed by atoms with Gasteiger partial charge in [0.05, 0.1) is 13.0 Å². The summed E-state index contributed by atoms with van der Waals surface area (Å²) in [5, 5.41) is 0. The number of hydrogen-bond donors (Lipinski definition) is 0. The number of amides is 2.